The van der Waals surface area contributed by atoms with Crippen LogP contribution in [0, 0.1) is 10.5 Å². The van der Waals surface area contributed by atoms with Crippen molar-refractivity contribution in [2.75, 3.05) is 5.75 Å². The molecule has 1 aromatic heterocycles. The number of aryl methyl sites for hydroxylation is 1. The maximum atomic E-state index is 12.0. The van der Waals surface area contributed by atoms with Crippen LogP contribution in [0.5, 0.6) is 0 Å². The summed E-state index contributed by atoms with van der Waals surface area (Å²) in [7, 11) is 0. The minimum absolute atomic E-state index is 0.00904. The van der Waals surface area contributed by atoms with E-state index in [1.807, 2.05) is 55.5 Å². The molecular weight excluding hydrogens is 495 g/mol. The van der Waals surface area contributed by atoms with Crippen molar-refractivity contribution in [2.45, 2.75) is 19.2 Å². The third kappa shape index (κ3) is 5.99. The molecule has 0 aliphatic carbocycles. The number of rotatable bonds is 7. The van der Waals surface area contributed by atoms with E-state index in [1.165, 1.54) is 15.3 Å². The minimum atomic E-state index is 0.00904. The predicted octanol–water partition coefficient (Wildman–Crippen LogP) is 5.46. The van der Waals surface area contributed by atoms with E-state index < -0.39 is 0 Å². The first-order chi connectivity index (χ1) is 13.0. The number of aromatic nitrogens is 1. The highest BCUT2D eigenvalue weighted by Crippen LogP contribution is 2.26. The summed E-state index contributed by atoms with van der Waals surface area (Å²) in [6, 6.07) is 15.5. The van der Waals surface area contributed by atoms with Gasteiger partial charge >= 0.3 is 0 Å². The predicted molar refractivity (Wildman–Crippen MR) is 119 cm³/mol. The molecule has 0 spiro atoms. The lowest BCUT2D eigenvalue weighted by Crippen LogP contribution is -2.24. The smallest absolute Gasteiger partial charge is 0.230 e. The summed E-state index contributed by atoms with van der Waals surface area (Å²) in [6.45, 7) is 2.42. The number of hydrogen-bond donors (Lipinski definition) is 1. The number of hydrogen-bond acceptors (Lipinski definition) is 4. The Morgan fingerprint density at radius 1 is 1.26 bits per heavy atom. The van der Waals surface area contributed by atoms with Gasteiger partial charge in [-0.25, -0.2) is 4.98 Å². The van der Waals surface area contributed by atoms with Gasteiger partial charge in [0.05, 0.1) is 11.4 Å². The lowest BCUT2D eigenvalue weighted by molar-refractivity contribution is -0.118. The van der Waals surface area contributed by atoms with Crippen molar-refractivity contribution in [3.63, 3.8) is 0 Å². The van der Waals surface area contributed by atoms with Crippen molar-refractivity contribution in [3.8, 4) is 11.5 Å². The van der Waals surface area contributed by atoms with E-state index in [1.54, 1.807) is 0 Å². The van der Waals surface area contributed by atoms with Crippen LogP contribution in [0.25, 0.3) is 11.5 Å². The second-order valence-corrected chi connectivity index (χ2v) is 8.60. The molecule has 7 heteroatoms. The number of oxazole rings is 1. The fourth-order valence-corrected chi connectivity index (χ4v) is 3.80. The molecule has 140 valence electrons. The van der Waals surface area contributed by atoms with Crippen LogP contribution >= 0.6 is 46.0 Å². The van der Waals surface area contributed by atoms with Crippen LogP contribution in [-0.2, 0) is 17.1 Å². The molecule has 1 amide bonds. The molecule has 0 aliphatic rings. The lowest BCUT2D eigenvalue weighted by atomic mass is 10.2. The molecule has 0 aliphatic heterocycles. The zero-order valence-electron chi connectivity index (χ0n) is 14.7. The Morgan fingerprint density at radius 2 is 2.04 bits per heavy atom. The Hall–Kier alpha value is -1.51. The number of nitrogens with zero attached hydrogens (tertiary/aromatic N) is 1. The number of carbonyl (C=O) groups is 1. The van der Waals surface area contributed by atoms with Crippen LogP contribution < -0.4 is 5.32 Å². The molecule has 0 radical (unpaired) electrons. The van der Waals surface area contributed by atoms with Crippen molar-refractivity contribution < 1.29 is 9.21 Å². The summed E-state index contributed by atoms with van der Waals surface area (Å²) in [5.41, 5.74) is 2.78. The van der Waals surface area contributed by atoms with Crippen molar-refractivity contribution in [1.82, 2.24) is 10.3 Å². The molecule has 0 unspecified atom stereocenters. The average molecular weight is 513 g/mol. The average Bonchev–Trinajstić information content (AvgIpc) is 3.02. The Kier molecular flexibility index (Phi) is 7.20. The third-order valence-electron chi connectivity index (χ3n) is 3.84. The van der Waals surface area contributed by atoms with E-state index in [-0.39, 0.29) is 5.91 Å². The molecule has 4 nitrogen and oxygen atoms in total. The molecular formula is C20H18ClIN2O2S. The molecule has 0 bridgehead atoms. The first kappa shape index (κ1) is 20.2. The lowest BCUT2D eigenvalue weighted by Gasteiger charge is -2.05. The summed E-state index contributed by atoms with van der Waals surface area (Å²) in [5, 5.41) is 3.58. The van der Waals surface area contributed by atoms with Gasteiger partial charge in [-0.1, -0.05) is 29.8 Å². The van der Waals surface area contributed by atoms with Crippen LogP contribution in [0.2, 0.25) is 5.02 Å². The van der Waals surface area contributed by atoms with Crippen molar-refractivity contribution in [2.24, 2.45) is 0 Å². The number of nitrogens with one attached hydrogen (secondary N) is 1. The molecule has 0 atom stereocenters. The number of benzene rings is 2. The second kappa shape index (κ2) is 9.61. The largest absolute Gasteiger partial charge is 0.441 e. The summed E-state index contributed by atoms with van der Waals surface area (Å²) < 4.78 is 6.92. The van der Waals surface area contributed by atoms with E-state index in [4.69, 9.17) is 16.0 Å². The molecule has 0 fully saturated rings. The van der Waals surface area contributed by atoms with Gasteiger partial charge in [0.15, 0.2) is 0 Å². The second-order valence-electron chi connectivity index (χ2n) is 5.93. The summed E-state index contributed by atoms with van der Waals surface area (Å²) in [4.78, 5) is 16.6. The highest BCUT2D eigenvalue weighted by Gasteiger charge is 2.12. The van der Waals surface area contributed by atoms with Gasteiger partial charge in [0.25, 0.3) is 0 Å². The number of halogens is 2. The topological polar surface area (TPSA) is 55.1 Å². The molecule has 3 aromatic rings. The van der Waals surface area contributed by atoms with Crippen LogP contribution in [0.4, 0.5) is 0 Å². The van der Waals surface area contributed by atoms with Gasteiger partial charge in [-0.15, -0.1) is 11.8 Å². The monoisotopic (exact) mass is 512 g/mol. The van der Waals surface area contributed by atoms with Gasteiger partial charge in [-0.3, -0.25) is 4.79 Å². The zero-order chi connectivity index (χ0) is 19.2. The molecule has 0 saturated heterocycles. The summed E-state index contributed by atoms with van der Waals surface area (Å²) >= 11 is 9.80. The third-order valence-corrected chi connectivity index (χ3v) is 5.74. The van der Waals surface area contributed by atoms with Crippen molar-refractivity contribution in [3.05, 3.63) is 74.1 Å². The highest BCUT2D eigenvalue weighted by atomic mass is 127. The van der Waals surface area contributed by atoms with Gasteiger partial charge in [0.1, 0.15) is 5.76 Å². The molecule has 0 saturated carbocycles. The van der Waals surface area contributed by atoms with Gasteiger partial charge in [-0.2, -0.15) is 0 Å². The van der Waals surface area contributed by atoms with Gasteiger partial charge in [-0.05, 0) is 65.4 Å². The van der Waals surface area contributed by atoms with Crippen LogP contribution in [-0.4, -0.2) is 16.6 Å². The first-order valence-corrected chi connectivity index (χ1v) is 10.9. The Morgan fingerprint density at radius 3 is 2.78 bits per heavy atom. The standard InChI is InChI=1S/C20H18ClIN2O2S/c1-13-18(24-20(26-13)15-3-2-4-16(21)9-15)11-27-12-19(25)23-10-14-5-7-17(22)8-6-14/h2-9H,10-12H2,1H3,(H,23,25). The number of carbonyl (C=O) groups excluding carboxylic acids is 1. The van der Waals surface area contributed by atoms with E-state index in [9.17, 15) is 4.79 Å². The Bertz CT molecular complexity index is 928. The van der Waals surface area contributed by atoms with E-state index in [0.29, 0.717) is 29.0 Å². The Balaban J connectivity index is 1.48. The van der Waals surface area contributed by atoms with E-state index >= 15 is 0 Å². The molecule has 1 N–H and O–H groups in total. The van der Waals surface area contributed by atoms with E-state index in [0.717, 1.165) is 22.6 Å². The van der Waals surface area contributed by atoms with Crippen LogP contribution in [0.15, 0.2) is 52.9 Å². The Labute approximate surface area is 181 Å². The molecule has 27 heavy (non-hydrogen) atoms. The summed E-state index contributed by atoms with van der Waals surface area (Å²) in [5.74, 6) is 2.32. The van der Waals surface area contributed by atoms with Crippen LogP contribution in [0.3, 0.4) is 0 Å². The minimum Gasteiger partial charge on any atom is -0.441 e. The summed E-state index contributed by atoms with van der Waals surface area (Å²) in [6.07, 6.45) is 0. The highest BCUT2D eigenvalue weighted by molar-refractivity contribution is 14.1. The van der Waals surface area contributed by atoms with Gasteiger partial charge in [0, 0.05) is 26.5 Å². The van der Waals surface area contributed by atoms with E-state index in [2.05, 4.69) is 32.9 Å². The first-order valence-electron chi connectivity index (χ1n) is 8.32. The molecule has 3 rings (SSSR count). The molecule has 2 aromatic carbocycles. The number of thioether (sulfide) groups is 1. The quantitative estimate of drug-likeness (QED) is 0.427. The SMILES string of the molecule is Cc1oc(-c2cccc(Cl)c2)nc1CSCC(=O)NCc1ccc(I)cc1. The van der Waals surface area contributed by atoms with Crippen molar-refractivity contribution in [1.29, 1.82) is 0 Å². The maximum Gasteiger partial charge on any atom is 0.230 e. The fraction of sp³-hybridized carbons (Fsp3) is 0.200. The maximum absolute atomic E-state index is 12.0. The zero-order valence-corrected chi connectivity index (χ0v) is 18.4. The van der Waals surface area contributed by atoms with Gasteiger partial charge in [0.2, 0.25) is 11.8 Å². The normalized spacial score (nSPS) is 10.8. The van der Waals surface area contributed by atoms with Crippen molar-refractivity contribution >= 4 is 51.9 Å². The number of amides is 1. The molecule has 1 heterocycles. The van der Waals surface area contributed by atoms with Crippen LogP contribution in [0.1, 0.15) is 17.0 Å². The fourth-order valence-electron chi connectivity index (χ4n) is 2.40. The van der Waals surface area contributed by atoms with Gasteiger partial charge < -0.3 is 9.73 Å².